The van der Waals surface area contributed by atoms with Gasteiger partial charge in [0.25, 0.3) is 0 Å². The molecule has 9 rings (SSSR count). The van der Waals surface area contributed by atoms with Crippen molar-refractivity contribution < 1.29 is 63.1 Å². The molecular weight excluding hydrogens is 809 g/mol. The van der Waals surface area contributed by atoms with E-state index in [1.807, 2.05) is 37.3 Å². The van der Waals surface area contributed by atoms with Gasteiger partial charge in [-0.3, -0.25) is 0 Å². The summed E-state index contributed by atoms with van der Waals surface area (Å²) < 4.78 is 49.4. The number of fused-ring (bicyclic) bond motifs is 5. The minimum absolute atomic E-state index is 0.0135. The molecule has 1 aromatic carbocycles. The normalized spacial score (nSPS) is 49.1. The van der Waals surface area contributed by atoms with Crippen molar-refractivity contribution in [3.05, 3.63) is 47.5 Å². The molecule has 21 atom stereocenters. The summed E-state index contributed by atoms with van der Waals surface area (Å²) in [5.74, 6) is 3.77. The van der Waals surface area contributed by atoms with Crippen molar-refractivity contribution in [2.75, 3.05) is 6.61 Å². The molecule has 348 valence electrons. The molecular formula is C50H70O13. The Kier molecular flexibility index (Phi) is 13.0. The molecule has 3 saturated heterocycles. The zero-order chi connectivity index (χ0) is 44.4. The van der Waals surface area contributed by atoms with Crippen LogP contribution < -0.4 is 0 Å². The number of carbonyl (C=O) groups excluding carboxylic acids is 1. The molecule has 0 spiro atoms. The number of benzene rings is 1. The van der Waals surface area contributed by atoms with Crippen molar-refractivity contribution in [3.8, 4) is 12.3 Å². The summed E-state index contributed by atoms with van der Waals surface area (Å²) in [5.41, 5.74) is 0.997. The van der Waals surface area contributed by atoms with Crippen LogP contribution in [0.1, 0.15) is 123 Å². The number of esters is 1. The second kappa shape index (κ2) is 18.0. The van der Waals surface area contributed by atoms with E-state index in [9.17, 15) is 25.2 Å². The van der Waals surface area contributed by atoms with E-state index in [0.29, 0.717) is 18.4 Å². The lowest BCUT2D eigenvalue weighted by molar-refractivity contribution is -0.337. The second-order valence-electron chi connectivity index (χ2n) is 20.8. The predicted molar refractivity (Wildman–Crippen MR) is 228 cm³/mol. The Bertz CT molecular complexity index is 1830. The highest BCUT2D eigenvalue weighted by molar-refractivity contribution is 5.85. The number of aliphatic hydroxyl groups is 4. The summed E-state index contributed by atoms with van der Waals surface area (Å²) in [7, 11) is 0. The van der Waals surface area contributed by atoms with Gasteiger partial charge in [0.15, 0.2) is 18.9 Å². The van der Waals surface area contributed by atoms with Crippen molar-refractivity contribution in [3.63, 3.8) is 0 Å². The molecule has 0 radical (unpaired) electrons. The number of hydrogen-bond acceptors (Lipinski definition) is 13. The fourth-order valence-electron chi connectivity index (χ4n) is 13.9. The van der Waals surface area contributed by atoms with Crippen LogP contribution in [0.2, 0.25) is 0 Å². The molecule has 13 heteroatoms. The maximum absolute atomic E-state index is 12.6. The Morgan fingerprint density at radius 2 is 1.41 bits per heavy atom. The van der Waals surface area contributed by atoms with Gasteiger partial charge in [-0.15, -0.1) is 6.42 Å². The van der Waals surface area contributed by atoms with Crippen LogP contribution in [0.3, 0.4) is 0 Å². The molecule has 8 aliphatic rings. The molecule has 1 aromatic rings. The van der Waals surface area contributed by atoms with E-state index in [1.54, 1.807) is 19.9 Å². The summed E-state index contributed by atoms with van der Waals surface area (Å²) >= 11 is 0. The van der Waals surface area contributed by atoms with Crippen LogP contribution in [0.15, 0.2) is 42.0 Å². The van der Waals surface area contributed by atoms with E-state index >= 15 is 0 Å². The van der Waals surface area contributed by atoms with Gasteiger partial charge in [0.1, 0.15) is 31.0 Å². The molecule has 1 unspecified atom stereocenters. The number of aliphatic hydroxyl groups excluding tert-OH is 3. The SMILES string of the molecule is C#C[C@@H](O[C@H]1C[C@H](O[C@H]2[C@@H](O)C[C@H](O[C@H]3[C@@H](O)C[C@H](O[C@H]4CC[C@]5(C)C6CC[C@]7(C)[C@@H](C8=CC(=O)OC8)CC[C@]7(O)[C@@H]6CC[C@@H]5C4)O[C@@H]3C)O[C@@H]2C)O[C@H](C)[C@H]1O)c1ccccc1. The van der Waals surface area contributed by atoms with Crippen molar-refractivity contribution in [1.29, 1.82) is 0 Å². The molecule has 0 aromatic heterocycles. The summed E-state index contributed by atoms with van der Waals surface area (Å²) in [4.78, 5) is 12.0. The van der Waals surface area contributed by atoms with E-state index in [4.69, 9.17) is 44.3 Å². The third-order valence-corrected chi connectivity index (χ3v) is 17.4. The molecule has 4 aliphatic heterocycles. The Labute approximate surface area is 372 Å². The highest BCUT2D eigenvalue weighted by Crippen LogP contribution is 2.70. The first kappa shape index (κ1) is 45.7. The number of ether oxygens (including phenoxy) is 8. The van der Waals surface area contributed by atoms with Crippen LogP contribution in [0.5, 0.6) is 0 Å². The first-order valence-corrected chi connectivity index (χ1v) is 23.8. The van der Waals surface area contributed by atoms with Crippen LogP contribution in [0.4, 0.5) is 0 Å². The Balaban J connectivity index is 0.749. The fraction of sp³-hybridized carbons (Fsp3) is 0.780. The Morgan fingerprint density at radius 1 is 0.762 bits per heavy atom. The molecule has 4 saturated carbocycles. The predicted octanol–water partition coefficient (Wildman–Crippen LogP) is 5.65. The monoisotopic (exact) mass is 878 g/mol. The minimum atomic E-state index is -0.959. The molecule has 0 amide bonds. The van der Waals surface area contributed by atoms with E-state index in [-0.39, 0.29) is 54.0 Å². The summed E-state index contributed by atoms with van der Waals surface area (Å²) in [6, 6.07) is 9.42. The van der Waals surface area contributed by atoms with Gasteiger partial charge in [-0.1, -0.05) is 50.1 Å². The van der Waals surface area contributed by atoms with Crippen LogP contribution in [-0.4, -0.2) is 119 Å². The van der Waals surface area contributed by atoms with Gasteiger partial charge in [-0.25, -0.2) is 4.79 Å². The Morgan fingerprint density at radius 3 is 2.05 bits per heavy atom. The Hall–Kier alpha value is -2.45. The summed E-state index contributed by atoms with van der Waals surface area (Å²) in [6.45, 7) is 10.5. The zero-order valence-electron chi connectivity index (χ0n) is 37.6. The van der Waals surface area contributed by atoms with Crippen molar-refractivity contribution >= 4 is 5.97 Å². The smallest absolute Gasteiger partial charge is 0.331 e. The maximum Gasteiger partial charge on any atom is 0.331 e. The maximum atomic E-state index is 12.6. The highest BCUT2D eigenvalue weighted by atomic mass is 16.7. The van der Waals surface area contributed by atoms with Gasteiger partial charge < -0.3 is 58.3 Å². The largest absolute Gasteiger partial charge is 0.458 e. The fourth-order valence-corrected chi connectivity index (χ4v) is 13.9. The van der Waals surface area contributed by atoms with Crippen molar-refractivity contribution in [2.45, 2.75) is 203 Å². The third-order valence-electron chi connectivity index (χ3n) is 17.4. The lowest BCUT2D eigenvalue weighted by Gasteiger charge is -2.64. The molecule has 4 N–H and O–H groups in total. The van der Waals surface area contributed by atoms with Gasteiger partial charge in [0.05, 0.1) is 48.3 Å². The molecule has 4 aliphatic carbocycles. The minimum Gasteiger partial charge on any atom is -0.458 e. The average molecular weight is 879 g/mol. The van der Waals surface area contributed by atoms with Crippen LogP contribution in [-0.2, 0) is 42.7 Å². The second-order valence-corrected chi connectivity index (χ2v) is 20.8. The van der Waals surface area contributed by atoms with Gasteiger partial charge in [0, 0.05) is 30.8 Å². The van der Waals surface area contributed by atoms with E-state index < -0.39 is 85.5 Å². The van der Waals surface area contributed by atoms with Crippen LogP contribution in [0.25, 0.3) is 0 Å². The molecule has 63 heavy (non-hydrogen) atoms. The van der Waals surface area contributed by atoms with E-state index in [2.05, 4.69) is 19.8 Å². The average Bonchev–Trinajstić information content (AvgIpc) is 3.80. The summed E-state index contributed by atoms with van der Waals surface area (Å²) in [5, 5.41) is 46.3. The highest BCUT2D eigenvalue weighted by Gasteiger charge is 2.68. The molecule has 4 heterocycles. The number of terminal acetylenes is 1. The topological polar surface area (TPSA) is 172 Å². The summed E-state index contributed by atoms with van der Waals surface area (Å²) in [6.07, 6.45) is 7.35. The molecule has 0 bridgehead atoms. The van der Waals surface area contributed by atoms with Crippen LogP contribution >= 0.6 is 0 Å². The lowest BCUT2D eigenvalue weighted by Crippen LogP contribution is -2.62. The van der Waals surface area contributed by atoms with Crippen molar-refractivity contribution in [1.82, 2.24) is 0 Å². The quantitative estimate of drug-likeness (QED) is 0.129. The van der Waals surface area contributed by atoms with E-state index in [1.165, 1.54) is 0 Å². The number of carbonyl (C=O) groups is 1. The van der Waals surface area contributed by atoms with Crippen molar-refractivity contribution in [2.24, 2.45) is 34.5 Å². The van der Waals surface area contributed by atoms with Crippen LogP contribution in [0, 0.1) is 46.8 Å². The number of cyclic esters (lactones) is 1. The first-order valence-electron chi connectivity index (χ1n) is 23.8. The first-order chi connectivity index (χ1) is 30.1. The zero-order valence-corrected chi connectivity index (χ0v) is 37.6. The lowest BCUT2D eigenvalue weighted by atomic mass is 9.43. The van der Waals surface area contributed by atoms with Gasteiger partial charge in [0.2, 0.25) is 0 Å². The molecule has 7 fully saturated rings. The standard InChI is InChI=1S/C50H70O13/c1-7-39(30-11-9-8-10-12-30)61-40-25-44(57-27(2)45(40)54)63-47-29(4)59-43(24-38(47)52)62-46-28(3)58-42(23-37(46)51)60-33-15-18-48(5)32(22-33)13-14-36-35(48)16-19-49(6)34(17-20-50(36,49)55)31-21-41(53)56-26-31/h1,8-12,21,27-29,32-40,42-47,51-52,54-55H,13-20,22-26H2,2-6H3/t27-,28-,29-,32-,33+,34-,35?,36-,37+,38+,39-,40+,42+,43+,44+,45-,46-,47-,48+,49-,50+/m1/s1. The number of hydrogen-bond donors (Lipinski definition) is 4. The molecule has 13 nitrogen and oxygen atoms in total. The van der Waals surface area contributed by atoms with Gasteiger partial charge in [-0.2, -0.15) is 0 Å². The van der Waals surface area contributed by atoms with E-state index in [0.717, 1.165) is 68.9 Å². The van der Waals surface area contributed by atoms with Gasteiger partial charge in [-0.05, 0) is 119 Å². The third kappa shape index (κ3) is 8.48. The van der Waals surface area contributed by atoms with Gasteiger partial charge >= 0.3 is 5.97 Å². The number of rotatable bonds is 10.